The van der Waals surface area contributed by atoms with Crippen LogP contribution in [0.2, 0.25) is 0 Å². The standard InChI is InChI=1S/C17H14N2O3S2/c1-11(22-16(21)14-8-5-9-23-14)15(20)19-17-18-13(10-24-17)12-6-3-2-4-7-12/h2-11H,1H3,(H,18,19,20)/t11-/m0/s1. The zero-order chi connectivity index (χ0) is 16.9. The molecule has 0 unspecified atom stereocenters. The van der Waals surface area contributed by atoms with E-state index >= 15 is 0 Å². The van der Waals surface area contributed by atoms with Crippen LogP contribution < -0.4 is 5.32 Å². The van der Waals surface area contributed by atoms with Crippen LogP contribution >= 0.6 is 22.7 Å². The van der Waals surface area contributed by atoms with Crippen LogP contribution in [0.3, 0.4) is 0 Å². The van der Waals surface area contributed by atoms with Crippen molar-refractivity contribution in [1.82, 2.24) is 4.98 Å². The lowest BCUT2D eigenvalue weighted by molar-refractivity contribution is -0.123. The Hall–Kier alpha value is -2.51. The predicted molar refractivity (Wildman–Crippen MR) is 95.4 cm³/mol. The molecule has 5 nitrogen and oxygen atoms in total. The second-order valence-corrected chi connectivity index (χ2v) is 6.72. The Balaban J connectivity index is 1.60. The van der Waals surface area contributed by atoms with Crippen molar-refractivity contribution in [1.29, 1.82) is 0 Å². The van der Waals surface area contributed by atoms with Crippen LogP contribution in [0.15, 0.2) is 53.2 Å². The van der Waals surface area contributed by atoms with E-state index in [4.69, 9.17) is 4.74 Å². The van der Waals surface area contributed by atoms with Gasteiger partial charge in [-0.2, -0.15) is 0 Å². The van der Waals surface area contributed by atoms with E-state index in [-0.39, 0.29) is 0 Å². The van der Waals surface area contributed by atoms with Crippen LogP contribution in [0.1, 0.15) is 16.6 Å². The van der Waals surface area contributed by atoms with Crippen molar-refractivity contribution in [2.45, 2.75) is 13.0 Å². The molecule has 24 heavy (non-hydrogen) atoms. The quantitative estimate of drug-likeness (QED) is 0.699. The van der Waals surface area contributed by atoms with Gasteiger partial charge in [0, 0.05) is 10.9 Å². The summed E-state index contributed by atoms with van der Waals surface area (Å²) in [5.74, 6) is -0.911. The highest BCUT2D eigenvalue weighted by Crippen LogP contribution is 2.24. The van der Waals surface area contributed by atoms with Crippen molar-refractivity contribution in [2.24, 2.45) is 0 Å². The van der Waals surface area contributed by atoms with E-state index in [1.807, 2.05) is 35.7 Å². The molecule has 0 aliphatic heterocycles. The summed E-state index contributed by atoms with van der Waals surface area (Å²) in [7, 11) is 0. The first-order chi connectivity index (χ1) is 11.6. The Morgan fingerprint density at radius 1 is 1.12 bits per heavy atom. The number of aromatic nitrogens is 1. The highest BCUT2D eigenvalue weighted by molar-refractivity contribution is 7.14. The number of thiazole rings is 1. The molecule has 7 heteroatoms. The highest BCUT2D eigenvalue weighted by Gasteiger charge is 2.20. The number of ether oxygens (including phenoxy) is 1. The molecule has 0 fully saturated rings. The van der Waals surface area contributed by atoms with E-state index in [1.165, 1.54) is 29.6 Å². The van der Waals surface area contributed by atoms with E-state index in [9.17, 15) is 9.59 Å². The van der Waals surface area contributed by atoms with Crippen LogP contribution in [0.25, 0.3) is 11.3 Å². The maximum absolute atomic E-state index is 12.1. The van der Waals surface area contributed by atoms with Crippen molar-refractivity contribution in [3.05, 3.63) is 58.1 Å². The molecule has 3 rings (SSSR count). The number of esters is 1. The van der Waals surface area contributed by atoms with Crippen LogP contribution in [0, 0.1) is 0 Å². The van der Waals surface area contributed by atoms with E-state index < -0.39 is 18.0 Å². The summed E-state index contributed by atoms with van der Waals surface area (Å²) in [5.41, 5.74) is 1.77. The molecule has 0 saturated carbocycles. The smallest absolute Gasteiger partial charge is 0.349 e. The maximum atomic E-state index is 12.1. The molecule has 1 amide bonds. The second kappa shape index (κ2) is 7.37. The Morgan fingerprint density at radius 3 is 2.62 bits per heavy atom. The fourth-order valence-corrected chi connectivity index (χ4v) is 3.27. The normalized spacial score (nSPS) is 11.7. The SMILES string of the molecule is C[C@H](OC(=O)c1cccs1)C(=O)Nc1nc(-c2ccccc2)cs1. The molecule has 0 bridgehead atoms. The third kappa shape index (κ3) is 3.87. The number of thiophene rings is 1. The fraction of sp³-hybridized carbons (Fsp3) is 0.118. The molecule has 2 aromatic heterocycles. The number of anilines is 1. The van der Waals surface area contributed by atoms with Crippen LogP contribution in [0.4, 0.5) is 5.13 Å². The molecule has 0 aliphatic carbocycles. The van der Waals surface area contributed by atoms with Gasteiger partial charge in [0.1, 0.15) is 4.88 Å². The van der Waals surface area contributed by atoms with Gasteiger partial charge in [0.15, 0.2) is 11.2 Å². The minimum atomic E-state index is -0.899. The number of carbonyl (C=O) groups excluding carboxylic acids is 2. The Bertz CT molecular complexity index is 829. The summed E-state index contributed by atoms with van der Waals surface area (Å²) in [6, 6.07) is 13.1. The minimum Gasteiger partial charge on any atom is -0.448 e. The average Bonchev–Trinajstić information content (AvgIpc) is 3.27. The largest absolute Gasteiger partial charge is 0.448 e. The summed E-state index contributed by atoms with van der Waals surface area (Å²) in [6.45, 7) is 1.53. The molecule has 1 N–H and O–H groups in total. The zero-order valence-electron chi connectivity index (χ0n) is 12.8. The van der Waals surface area contributed by atoms with Gasteiger partial charge in [-0.1, -0.05) is 36.4 Å². The van der Waals surface area contributed by atoms with Crippen molar-refractivity contribution < 1.29 is 14.3 Å². The first kappa shape index (κ1) is 16.4. The molecular weight excluding hydrogens is 344 g/mol. The Kier molecular flexibility index (Phi) is 5.02. The first-order valence-electron chi connectivity index (χ1n) is 7.20. The van der Waals surface area contributed by atoms with Crippen LogP contribution in [-0.4, -0.2) is 23.0 Å². The number of benzene rings is 1. The monoisotopic (exact) mass is 358 g/mol. The first-order valence-corrected chi connectivity index (χ1v) is 8.95. The summed E-state index contributed by atoms with van der Waals surface area (Å²) >= 11 is 2.60. The lowest BCUT2D eigenvalue weighted by atomic mass is 10.2. The second-order valence-electron chi connectivity index (χ2n) is 4.92. The third-order valence-corrected chi connectivity index (χ3v) is 4.79. The maximum Gasteiger partial charge on any atom is 0.349 e. The Morgan fingerprint density at radius 2 is 1.92 bits per heavy atom. The van der Waals surface area contributed by atoms with Gasteiger partial charge in [-0.15, -0.1) is 22.7 Å². The van der Waals surface area contributed by atoms with Gasteiger partial charge in [0.05, 0.1) is 5.69 Å². The van der Waals surface area contributed by atoms with Crippen LogP contribution in [-0.2, 0) is 9.53 Å². The fourth-order valence-electron chi connectivity index (χ4n) is 1.95. The molecule has 122 valence electrons. The molecule has 0 aliphatic rings. The summed E-state index contributed by atoms with van der Waals surface area (Å²) in [5, 5.41) is 6.80. The van der Waals surface area contributed by atoms with E-state index in [0.29, 0.717) is 10.0 Å². The van der Waals surface area contributed by atoms with Gasteiger partial charge in [-0.05, 0) is 18.4 Å². The lowest BCUT2D eigenvalue weighted by Gasteiger charge is -2.11. The number of hydrogen-bond donors (Lipinski definition) is 1. The number of nitrogens with one attached hydrogen (secondary N) is 1. The van der Waals surface area contributed by atoms with Crippen molar-refractivity contribution in [2.75, 3.05) is 5.32 Å². The highest BCUT2D eigenvalue weighted by atomic mass is 32.1. The van der Waals surface area contributed by atoms with E-state index in [2.05, 4.69) is 10.3 Å². The lowest BCUT2D eigenvalue weighted by Crippen LogP contribution is -2.29. The van der Waals surface area contributed by atoms with E-state index in [1.54, 1.807) is 17.5 Å². The summed E-state index contributed by atoms with van der Waals surface area (Å²) in [4.78, 5) is 28.9. The van der Waals surface area contributed by atoms with Gasteiger partial charge >= 0.3 is 5.97 Å². The van der Waals surface area contributed by atoms with E-state index in [0.717, 1.165) is 11.3 Å². The number of carbonyl (C=O) groups is 2. The average molecular weight is 358 g/mol. The van der Waals surface area contributed by atoms with Gasteiger partial charge < -0.3 is 4.74 Å². The van der Waals surface area contributed by atoms with Crippen LogP contribution in [0.5, 0.6) is 0 Å². The number of hydrogen-bond acceptors (Lipinski definition) is 6. The summed E-state index contributed by atoms with van der Waals surface area (Å²) in [6.07, 6.45) is -0.899. The number of rotatable bonds is 5. The van der Waals surface area contributed by atoms with Crippen molar-refractivity contribution in [3.63, 3.8) is 0 Å². The third-order valence-electron chi connectivity index (χ3n) is 3.18. The Labute approximate surface area is 146 Å². The molecule has 3 aromatic rings. The minimum absolute atomic E-state index is 0.408. The van der Waals surface area contributed by atoms with Crippen molar-refractivity contribution in [3.8, 4) is 11.3 Å². The number of amides is 1. The molecule has 0 saturated heterocycles. The summed E-state index contributed by atoms with van der Waals surface area (Å²) < 4.78 is 5.16. The predicted octanol–water partition coefficient (Wildman–Crippen LogP) is 4.06. The molecule has 0 spiro atoms. The van der Waals surface area contributed by atoms with Gasteiger partial charge in [0.2, 0.25) is 0 Å². The zero-order valence-corrected chi connectivity index (χ0v) is 14.4. The molecule has 0 radical (unpaired) electrons. The molecule has 1 atom stereocenters. The van der Waals surface area contributed by atoms with Gasteiger partial charge in [-0.25, -0.2) is 9.78 Å². The topological polar surface area (TPSA) is 68.3 Å². The molecule has 2 heterocycles. The van der Waals surface area contributed by atoms with Crippen molar-refractivity contribution >= 4 is 39.7 Å². The van der Waals surface area contributed by atoms with Gasteiger partial charge in [0.25, 0.3) is 5.91 Å². The van der Waals surface area contributed by atoms with Gasteiger partial charge in [-0.3, -0.25) is 10.1 Å². The molecular formula is C17H14N2O3S2. The number of nitrogens with zero attached hydrogens (tertiary/aromatic N) is 1. The molecule has 1 aromatic carbocycles.